The third-order valence-electron chi connectivity index (χ3n) is 5.04. The Bertz CT molecular complexity index is 1270. The first kappa shape index (κ1) is 18.2. The second-order valence-corrected chi connectivity index (χ2v) is 7.04. The average Bonchev–Trinajstić information content (AvgIpc) is 2.73. The molecular formula is C23H20N2O2S. The van der Waals surface area contributed by atoms with Gasteiger partial charge in [-0.05, 0) is 34.6 Å². The maximum Gasteiger partial charge on any atom is 0.255 e. The lowest BCUT2D eigenvalue weighted by molar-refractivity contribution is 0.411. The molecule has 0 saturated heterocycles. The summed E-state index contributed by atoms with van der Waals surface area (Å²) in [5, 5.41) is 2.19. The lowest BCUT2D eigenvalue weighted by Gasteiger charge is -2.17. The van der Waals surface area contributed by atoms with E-state index >= 15 is 0 Å². The average molecular weight is 388 g/mol. The third-order valence-corrected chi connectivity index (χ3v) is 5.41. The van der Waals surface area contributed by atoms with E-state index in [2.05, 4.69) is 17.1 Å². The van der Waals surface area contributed by atoms with Crippen LogP contribution in [-0.4, -0.2) is 16.7 Å². The Morgan fingerprint density at radius 3 is 2.43 bits per heavy atom. The van der Waals surface area contributed by atoms with E-state index < -0.39 is 0 Å². The molecule has 1 N–H and O–H groups in total. The molecule has 0 aliphatic rings. The molecule has 0 atom stereocenters. The molecule has 140 valence electrons. The van der Waals surface area contributed by atoms with Gasteiger partial charge in [-0.1, -0.05) is 60.7 Å². The van der Waals surface area contributed by atoms with Gasteiger partial charge >= 0.3 is 0 Å². The number of ether oxygens (including phenoxy) is 1. The minimum atomic E-state index is -0.169. The van der Waals surface area contributed by atoms with Crippen LogP contribution in [0.5, 0.6) is 5.75 Å². The lowest BCUT2D eigenvalue weighted by atomic mass is 9.95. The zero-order valence-corrected chi connectivity index (χ0v) is 16.5. The molecule has 4 rings (SSSR count). The van der Waals surface area contributed by atoms with Crippen molar-refractivity contribution in [2.24, 2.45) is 7.05 Å². The van der Waals surface area contributed by atoms with Crippen LogP contribution < -0.4 is 10.3 Å². The molecule has 1 aromatic heterocycles. The number of rotatable bonds is 4. The molecule has 0 aliphatic carbocycles. The summed E-state index contributed by atoms with van der Waals surface area (Å²) in [4.78, 5) is 15.8. The summed E-state index contributed by atoms with van der Waals surface area (Å²) >= 11 is 5.36. The van der Waals surface area contributed by atoms with Crippen LogP contribution in [0.4, 0.5) is 0 Å². The second-order valence-electron chi connectivity index (χ2n) is 6.66. The molecule has 4 nitrogen and oxygen atoms in total. The monoisotopic (exact) mass is 388 g/mol. The minimum Gasteiger partial charge on any atom is -0.496 e. The number of hydrogen-bond acceptors (Lipinski definition) is 3. The van der Waals surface area contributed by atoms with Crippen molar-refractivity contribution in [1.82, 2.24) is 9.55 Å². The Balaban J connectivity index is 2.00. The van der Waals surface area contributed by atoms with Gasteiger partial charge in [0.1, 0.15) is 5.75 Å². The first-order valence-electron chi connectivity index (χ1n) is 9.02. The van der Waals surface area contributed by atoms with E-state index in [1.165, 1.54) is 0 Å². The van der Waals surface area contributed by atoms with Crippen molar-refractivity contribution in [2.45, 2.75) is 6.42 Å². The second kappa shape index (κ2) is 7.44. The molecule has 0 fully saturated rings. The van der Waals surface area contributed by atoms with Crippen LogP contribution in [0, 0.1) is 4.77 Å². The zero-order valence-electron chi connectivity index (χ0n) is 15.7. The van der Waals surface area contributed by atoms with E-state index in [4.69, 9.17) is 17.0 Å². The Labute approximate surface area is 168 Å². The summed E-state index contributed by atoms with van der Waals surface area (Å²) < 4.78 is 7.89. The summed E-state index contributed by atoms with van der Waals surface area (Å²) in [6, 6.07) is 22.0. The standard InChI is InChI=1S/C23H20N2O2S/c1-25-21(16-9-4-3-5-10-16)19(22(26)24-23(25)28)14-18-17-11-7-6-8-15(17)12-13-20(18)27-2/h3-13H,14H2,1-2H3,(H,24,26,28). The van der Waals surface area contributed by atoms with Crippen molar-refractivity contribution in [3.8, 4) is 17.0 Å². The highest BCUT2D eigenvalue weighted by Gasteiger charge is 2.17. The van der Waals surface area contributed by atoms with Gasteiger partial charge in [-0.25, -0.2) is 0 Å². The molecule has 0 spiro atoms. The van der Waals surface area contributed by atoms with Crippen molar-refractivity contribution < 1.29 is 4.74 Å². The van der Waals surface area contributed by atoms with E-state index in [1.807, 2.05) is 66.2 Å². The highest BCUT2D eigenvalue weighted by Crippen LogP contribution is 2.32. The molecule has 5 heteroatoms. The first-order chi connectivity index (χ1) is 13.6. The highest BCUT2D eigenvalue weighted by atomic mass is 32.1. The minimum absolute atomic E-state index is 0.169. The number of aromatic nitrogens is 2. The van der Waals surface area contributed by atoms with Crippen LogP contribution in [0.25, 0.3) is 22.0 Å². The fourth-order valence-electron chi connectivity index (χ4n) is 3.66. The van der Waals surface area contributed by atoms with Gasteiger partial charge in [0.05, 0.1) is 12.8 Å². The van der Waals surface area contributed by atoms with Crippen molar-refractivity contribution in [3.05, 3.63) is 93.0 Å². The Morgan fingerprint density at radius 2 is 1.68 bits per heavy atom. The highest BCUT2D eigenvalue weighted by molar-refractivity contribution is 7.71. The summed E-state index contributed by atoms with van der Waals surface area (Å²) in [6.45, 7) is 0. The van der Waals surface area contributed by atoms with Crippen LogP contribution in [0.2, 0.25) is 0 Å². The first-order valence-corrected chi connectivity index (χ1v) is 9.43. The van der Waals surface area contributed by atoms with E-state index in [-0.39, 0.29) is 5.56 Å². The molecule has 3 aromatic carbocycles. The zero-order chi connectivity index (χ0) is 19.7. The largest absolute Gasteiger partial charge is 0.496 e. The molecule has 0 unspecified atom stereocenters. The number of fused-ring (bicyclic) bond motifs is 1. The van der Waals surface area contributed by atoms with Crippen molar-refractivity contribution in [3.63, 3.8) is 0 Å². The van der Waals surface area contributed by atoms with Gasteiger partial charge < -0.3 is 9.30 Å². The molecule has 0 aliphatic heterocycles. The molecule has 28 heavy (non-hydrogen) atoms. The number of nitrogens with zero attached hydrogens (tertiary/aromatic N) is 1. The molecular weight excluding hydrogens is 368 g/mol. The quantitative estimate of drug-likeness (QED) is 0.508. The van der Waals surface area contributed by atoms with Gasteiger partial charge in [0.15, 0.2) is 4.77 Å². The summed E-state index contributed by atoms with van der Waals surface area (Å²) in [5.74, 6) is 0.766. The smallest absolute Gasteiger partial charge is 0.255 e. The number of aromatic amines is 1. The summed E-state index contributed by atoms with van der Waals surface area (Å²) in [7, 11) is 3.53. The Morgan fingerprint density at radius 1 is 0.964 bits per heavy atom. The van der Waals surface area contributed by atoms with Crippen molar-refractivity contribution in [2.75, 3.05) is 7.11 Å². The predicted octanol–water partition coefficient (Wildman–Crippen LogP) is 4.86. The summed E-state index contributed by atoms with van der Waals surface area (Å²) in [5.41, 5.74) is 3.26. The van der Waals surface area contributed by atoms with Gasteiger partial charge in [-0.3, -0.25) is 9.78 Å². The Hall–Kier alpha value is -3.18. The molecule has 0 radical (unpaired) electrons. The molecule has 0 bridgehead atoms. The van der Waals surface area contributed by atoms with Crippen molar-refractivity contribution in [1.29, 1.82) is 0 Å². The van der Waals surface area contributed by atoms with Gasteiger partial charge in [-0.2, -0.15) is 0 Å². The normalized spacial score (nSPS) is 10.9. The number of methoxy groups -OCH3 is 1. The predicted molar refractivity (Wildman–Crippen MR) is 116 cm³/mol. The number of benzene rings is 3. The maximum atomic E-state index is 13.0. The topological polar surface area (TPSA) is 47.0 Å². The molecule has 0 saturated carbocycles. The Kier molecular flexibility index (Phi) is 4.84. The van der Waals surface area contributed by atoms with Crippen LogP contribution in [-0.2, 0) is 13.5 Å². The fraction of sp³-hybridized carbons (Fsp3) is 0.130. The van der Waals surface area contributed by atoms with Gasteiger partial charge in [0.25, 0.3) is 5.56 Å². The summed E-state index contributed by atoms with van der Waals surface area (Å²) in [6.07, 6.45) is 0.438. The van der Waals surface area contributed by atoms with Crippen LogP contribution >= 0.6 is 12.2 Å². The van der Waals surface area contributed by atoms with E-state index in [1.54, 1.807) is 7.11 Å². The van der Waals surface area contributed by atoms with Gasteiger partial charge in [0.2, 0.25) is 0 Å². The molecule has 4 aromatic rings. The molecule has 0 amide bonds. The van der Waals surface area contributed by atoms with Crippen LogP contribution in [0.15, 0.2) is 71.5 Å². The number of hydrogen-bond donors (Lipinski definition) is 1. The van der Waals surface area contributed by atoms with Gasteiger partial charge in [-0.15, -0.1) is 0 Å². The van der Waals surface area contributed by atoms with Gasteiger partial charge in [0, 0.05) is 24.6 Å². The van der Waals surface area contributed by atoms with Crippen LogP contribution in [0.1, 0.15) is 11.1 Å². The van der Waals surface area contributed by atoms with E-state index in [0.29, 0.717) is 16.8 Å². The number of nitrogens with one attached hydrogen (secondary N) is 1. The fourth-order valence-corrected chi connectivity index (χ4v) is 3.85. The lowest BCUT2D eigenvalue weighted by Crippen LogP contribution is -2.20. The molecule has 1 heterocycles. The SMILES string of the molecule is COc1ccc2ccccc2c1Cc1c(-c2ccccc2)n(C)c(=S)[nH]c1=O. The third kappa shape index (κ3) is 3.14. The number of H-pyrrole nitrogens is 1. The maximum absolute atomic E-state index is 13.0. The van der Waals surface area contributed by atoms with Crippen LogP contribution in [0.3, 0.4) is 0 Å². The van der Waals surface area contributed by atoms with Crippen molar-refractivity contribution >= 4 is 23.0 Å². The van der Waals surface area contributed by atoms with E-state index in [9.17, 15) is 4.79 Å². The van der Waals surface area contributed by atoms with E-state index in [0.717, 1.165) is 33.3 Å².